The van der Waals surface area contributed by atoms with Gasteiger partial charge >= 0.3 is 0 Å². The number of nitrogens with two attached hydrogens (primary N) is 2. The Morgan fingerprint density at radius 1 is 1.40 bits per heavy atom. The summed E-state index contributed by atoms with van der Waals surface area (Å²) in [7, 11) is 0. The number of rotatable bonds is 2. The summed E-state index contributed by atoms with van der Waals surface area (Å²) in [5.74, 6) is 0.401. The lowest BCUT2D eigenvalue weighted by Crippen LogP contribution is -2.21. The van der Waals surface area contributed by atoms with Crippen LogP contribution in [-0.4, -0.2) is 25.6 Å². The topological polar surface area (TPSA) is 95.6 Å². The monoisotopic (exact) mass is 228 g/mol. The first kappa shape index (κ1) is 11.7. The van der Waals surface area contributed by atoms with Crippen LogP contribution in [0.1, 0.15) is 6.92 Å². The predicted molar refractivity (Wildman–Crippen MR) is 60.6 cm³/mol. The van der Waals surface area contributed by atoms with Crippen LogP contribution in [0.4, 0.5) is 5.82 Å². The molecule has 2 aromatic heterocycles. The molecule has 0 aromatic carbocycles. The van der Waals surface area contributed by atoms with Gasteiger partial charge in [-0.15, -0.1) is 12.4 Å². The van der Waals surface area contributed by atoms with Crippen LogP contribution in [-0.2, 0) is 6.54 Å². The molecule has 0 saturated carbocycles. The molecule has 0 aliphatic rings. The molecule has 1 atom stereocenters. The van der Waals surface area contributed by atoms with E-state index in [1.54, 1.807) is 6.33 Å². The number of aromatic nitrogens is 4. The Morgan fingerprint density at radius 3 is 2.80 bits per heavy atom. The maximum Gasteiger partial charge on any atom is 0.165 e. The van der Waals surface area contributed by atoms with Crippen LogP contribution in [0.5, 0.6) is 0 Å². The van der Waals surface area contributed by atoms with Crippen molar-refractivity contribution < 1.29 is 0 Å². The van der Waals surface area contributed by atoms with Gasteiger partial charge in [-0.05, 0) is 6.92 Å². The molecule has 4 N–H and O–H groups in total. The van der Waals surface area contributed by atoms with E-state index in [9.17, 15) is 0 Å². The zero-order valence-corrected chi connectivity index (χ0v) is 9.11. The summed E-state index contributed by atoms with van der Waals surface area (Å²) in [5, 5.41) is 0. The van der Waals surface area contributed by atoms with E-state index < -0.39 is 0 Å². The molecule has 1 unspecified atom stereocenters. The van der Waals surface area contributed by atoms with Gasteiger partial charge in [0.15, 0.2) is 11.5 Å². The molecule has 0 aliphatic carbocycles. The molecular formula is C8H13ClN6. The lowest BCUT2D eigenvalue weighted by molar-refractivity contribution is 0.598. The second-order valence-corrected chi connectivity index (χ2v) is 3.31. The van der Waals surface area contributed by atoms with Crippen molar-refractivity contribution >= 4 is 29.4 Å². The molecule has 0 fully saturated rings. The third kappa shape index (κ3) is 2.16. The van der Waals surface area contributed by atoms with E-state index in [2.05, 4.69) is 15.0 Å². The van der Waals surface area contributed by atoms with Crippen molar-refractivity contribution in [2.75, 3.05) is 5.73 Å². The number of anilines is 1. The zero-order valence-electron chi connectivity index (χ0n) is 8.29. The molecule has 2 rings (SSSR count). The number of nitrogens with zero attached hydrogens (tertiary/aromatic N) is 4. The summed E-state index contributed by atoms with van der Waals surface area (Å²) in [4.78, 5) is 12.1. The van der Waals surface area contributed by atoms with E-state index in [1.165, 1.54) is 6.33 Å². The fourth-order valence-electron chi connectivity index (χ4n) is 1.34. The van der Waals surface area contributed by atoms with Gasteiger partial charge < -0.3 is 16.0 Å². The number of fused-ring (bicyclic) bond motifs is 1. The molecule has 0 radical (unpaired) electrons. The number of imidazole rings is 1. The van der Waals surface area contributed by atoms with Crippen LogP contribution < -0.4 is 11.5 Å². The van der Waals surface area contributed by atoms with Gasteiger partial charge in [0.25, 0.3) is 0 Å². The summed E-state index contributed by atoms with van der Waals surface area (Å²) < 4.78 is 1.87. The van der Waals surface area contributed by atoms with Gasteiger partial charge in [0.2, 0.25) is 0 Å². The lowest BCUT2D eigenvalue weighted by atomic mass is 10.3. The van der Waals surface area contributed by atoms with Gasteiger partial charge in [-0.25, -0.2) is 15.0 Å². The number of hydrogen-bond acceptors (Lipinski definition) is 5. The second-order valence-electron chi connectivity index (χ2n) is 3.31. The molecule has 15 heavy (non-hydrogen) atoms. The Labute approximate surface area is 93.1 Å². The van der Waals surface area contributed by atoms with Crippen LogP contribution in [0.2, 0.25) is 0 Å². The van der Waals surface area contributed by atoms with Crippen molar-refractivity contribution in [3.63, 3.8) is 0 Å². The zero-order chi connectivity index (χ0) is 10.1. The minimum atomic E-state index is 0. The van der Waals surface area contributed by atoms with Crippen molar-refractivity contribution in [2.24, 2.45) is 5.73 Å². The minimum absolute atomic E-state index is 0. The third-order valence-electron chi connectivity index (χ3n) is 1.91. The minimum Gasteiger partial charge on any atom is -0.382 e. The van der Waals surface area contributed by atoms with E-state index in [1.807, 2.05) is 11.5 Å². The van der Waals surface area contributed by atoms with Gasteiger partial charge in [-0.3, -0.25) is 0 Å². The Kier molecular flexibility index (Phi) is 3.43. The second kappa shape index (κ2) is 4.41. The molecule has 0 spiro atoms. The van der Waals surface area contributed by atoms with E-state index in [0.717, 1.165) is 5.65 Å². The average molecular weight is 229 g/mol. The van der Waals surface area contributed by atoms with Crippen LogP contribution in [0.3, 0.4) is 0 Å². The highest BCUT2D eigenvalue weighted by Gasteiger charge is 2.08. The SMILES string of the molecule is CC(N)Cn1cnc2c(N)ncnc21.Cl. The largest absolute Gasteiger partial charge is 0.382 e. The number of halogens is 1. The highest BCUT2D eigenvalue weighted by molar-refractivity contribution is 5.85. The Hall–Kier alpha value is -1.40. The standard InChI is InChI=1S/C8H12N6.ClH/c1-5(9)2-14-4-13-6-7(10)11-3-12-8(6)14;/h3-5H,2,9H2,1H3,(H2,10,11,12);1H. The summed E-state index contributed by atoms with van der Waals surface area (Å²) in [6.45, 7) is 2.60. The first-order valence-corrected chi connectivity index (χ1v) is 4.35. The normalized spacial score (nSPS) is 12.4. The summed E-state index contributed by atoms with van der Waals surface area (Å²) in [6, 6.07) is 0.0589. The maximum absolute atomic E-state index is 5.69. The number of hydrogen-bond donors (Lipinski definition) is 2. The lowest BCUT2D eigenvalue weighted by Gasteiger charge is -2.05. The molecule has 0 bridgehead atoms. The molecule has 2 aromatic rings. The fraction of sp³-hybridized carbons (Fsp3) is 0.375. The Morgan fingerprint density at radius 2 is 2.13 bits per heavy atom. The van der Waals surface area contributed by atoms with Crippen LogP contribution in [0, 0.1) is 0 Å². The van der Waals surface area contributed by atoms with Crippen LogP contribution in [0.25, 0.3) is 11.2 Å². The van der Waals surface area contributed by atoms with Gasteiger partial charge in [-0.1, -0.05) is 0 Å². The molecule has 7 heteroatoms. The summed E-state index contributed by atoms with van der Waals surface area (Å²) in [6.07, 6.45) is 3.11. The molecule has 2 heterocycles. The van der Waals surface area contributed by atoms with Gasteiger partial charge in [0, 0.05) is 12.6 Å². The predicted octanol–water partition coefficient (Wildman–Crippen LogP) is 0.178. The van der Waals surface area contributed by atoms with E-state index in [0.29, 0.717) is 17.9 Å². The highest BCUT2D eigenvalue weighted by atomic mass is 35.5. The first-order valence-electron chi connectivity index (χ1n) is 4.35. The molecule has 0 amide bonds. The van der Waals surface area contributed by atoms with Crippen molar-refractivity contribution in [2.45, 2.75) is 19.5 Å². The highest BCUT2D eigenvalue weighted by Crippen LogP contribution is 2.13. The Bertz CT molecular complexity index is 451. The van der Waals surface area contributed by atoms with Crippen LogP contribution in [0.15, 0.2) is 12.7 Å². The van der Waals surface area contributed by atoms with Crippen molar-refractivity contribution in [3.8, 4) is 0 Å². The molecular weight excluding hydrogens is 216 g/mol. The first-order chi connectivity index (χ1) is 6.68. The average Bonchev–Trinajstić information content (AvgIpc) is 2.49. The van der Waals surface area contributed by atoms with E-state index in [-0.39, 0.29) is 18.4 Å². The van der Waals surface area contributed by atoms with Gasteiger partial charge in [0.1, 0.15) is 11.8 Å². The summed E-state index contributed by atoms with van der Waals surface area (Å²) >= 11 is 0. The van der Waals surface area contributed by atoms with E-state index in [4.69, 9.17) is 11.5 Å². The van der Waals surface area contributed by atoms with Crippen molar-refractivity contribution in [1.82, 2.24) is 19.5 Å². The quantitative estimate of drug-likeness (QED) is 0.764. The molecule has 0 aliphatic heterocycles. The molecule has 82 valence electrons. The van der Waals surface area contributed by atoms with Gasteiger partial charge in [-0.2, -0.15) is 0 Å². The molecule has 6 nitrogen and oxygen atoms in total. The smallest absolute Gasteiger partial charge is 0.165 e. The number of nitrogen functional groups attached to an aromatic ring is 1. The fourth-order valence-corrected chi connectivity index (χ4v) is 1.34. The van der Waals surface area contributed by atoms with Crippen molar-refractivity contribution in [1.29, 1.82) is 0 Å². The maximum atomic E-state index is 5.69. The summed E-state index contributed by atoms with van der Waals surface area (Å²) in [5.41, 5.74) is 12.7. The third-order valence-corrected chi connectivity index (χ3v) is 1.91. The Balaban J connectivity index is 0.00000112. The van der Waals surface area contributed by atoms with Gasteiger partial charge in [0.05, 0.1) is 6.33 Å². The van der Waals surface area contributed by atoms with E-state index >= 15 is 0 Å². The van der Waals surface area contributed by atoms with Crippen molar-refractivity contribution in [3.05, 3.63) is 12.7 Å². The molecule has 0 saturated heterocycles. The van der Waals surface area contributed by atoms with Crippen LogP contribution >= 0.6 is 12.4 Å².